The van der Waals surface area contributed by atoms with Gasteiger partial charge in [0.25, 0.3) is 0 Å². The number of aliphatic carboxylic acids is 1. The fourth-order valence-corrected chi connectivity index (χ4v) is 5.09. The Morgan fingerprint density at radius 1 is 1.09 bits per heavy atom. The molecular weight excluding hydrogens is 518 g/mol. The summed E-state index contributed by atoms with van der Waals surface area (Å²) in [5.74, 6) is -1.60. The van der Waals surface area contributed by atoms with Crippen LogP contribution in [0.25, 0.3) is 11.3 Å². The molecule has 0 radical (unpaired) electrons. The predicted octanol–water partition coefficient (Wildman–Crippen LogP) is 5.09. The zero-order chi connectivity index (χ0) is 25.3. The highest BCUT2D eigenvalue weighted by Crippen LogP contribution is 2.43. The molecule has 13 heteroatoms. The first kappa shape index (κ1) is 25.6. The third kappa shape index (κ3) is 5.05. The molecular formula is C21H14Cl2F3N3O4S. The van der Waals surface area contributed by atoms with Crippen LogP contribution in [-0.4, -0.2) is 34.9 Å². The average molecular weight is 532 g/mol. The van der Waals surface area contributed by atoms with Crippen molar-refractivity contribution in [2.75, 3.05) is 6.54 Å². The summed E-state index contributed by atoms with van der Waals surface area (Å²) in [7, 11) is -4.56. The minimum absolute atomic E-state index is 0.0886. The number of alkyl halides is 3. The summed E-state index contributed by atoms with van der Waals surface area (Å²) >= 11 is 11.8. The Hall–Kier alpha value is -3.04. The Balaban J connectivity index is 2.30. The lowest BCUT2D eigenvalue weighted by atomic mass is 10.1. The molecule has 0 atom stereocenters. The van der Waals surface area contributed by atoms with Gasteiger partial charge < -0.3 is 9.67 Å². The predicted molar refractivity (Wildman–Crippen MR) is 118 cm³/mol. The number of sulfonamides is 1. The number of carboxylic acid groups (broad SMARTS) is 1. The molecule has 178 valence electrons. The first-order valence-corrected chi connectivity index (χ1v) is 11.5. The molecule has 0 fully saturated rings. The minimum Gasteiger partial charge on any atom is -0.480 e. The molecule has 3 aromatic rings. The lowest BCUT2D eigenvalue weighted by Gasteiger charge is -2.24. The van der Waals surface area contributed by atoms with Crippen LogP contribution < -0.4 is 0 Å². The lowest BCUT2D eigenvalue weighted by molar-refractivity contribution is -0.144. The highest BCUT2D eigenvalue weighted by atomic mass is 35.5. The molecule has 0 aliphatic carbocycles. The molecule has 1 heterocycles. The van der Waals surface area contributed by atoms with Gasteiger partial charge in [-0.05, 0) is 29.8 Å². The van der Waals surface area contributed by atoms with E-state index in [0.717, 1.165) is 0 Å². The molecule has 0 aliphatic rings. The maximum absolute atomic E-state index is 14.0. The Bertz CT molecular complexity index is 1370. The molecule has 1 aromatic heterocycles. The van der Waals surface area contributed by atoms with Crippen molar-refractivity contribution < 1.29 is 31.5 Å². The van der Waals surface area contributed by atoms with Crippen LogP contribution in [-0.2, 0) is 27.7 Å². The number of carbonyl (C=O) groups is 1. The van der Waals surface area contributed by atoms with Crippen molar-refractivity contribution in [3.8, 4) is 17.3 Å². The number of nitriles is 1. The van der Waals surface area contributed by atoms with Crippen LogP contribution in [0.15, 0.2) is 59.5 Å². The first-order chi connectivity index (χ1) is 15.9. The molecule has 0 saturated heterocycles. The molecule has 0 aliphatic heterocycles. The first-order valence-electron chi connectivity index (χ1n) is 9.30. The van der Waals surface area contributed by atoms with Crippen molar-refractivity contribution in [2.45, 2.75) is 17.7 Å². The molecule has 0 spiro atoms. The number of carboxylic acids is 1. The van der Waals surface area contributed by atoms with E-state index in [2.05, 4.69) is 0 Å². The normalized spacial score (nSPS) is 12.0. The third-order valence-corrected chi connectivity index (χ3v) is 7.11. The third-order valence-electron chi connectivity index (χ3n) is 4.69. The quantitative estimate of drug-likeness (QED) is 0.457. The average Bonchev–Trinajstić information content (AvgIpc) is 3.05. The molecule has 0 amide bonds. The number of rotatable bonds is 7. The van der Waals surface area contributed by atoms with E-state index in [4.69, 9.17) is 23.2 Å². The molecule has 0 saturated carbocycles. The van der Waals surface area contributed by atoms with E-state index < -0.39 is 51.7 Å². The van der Waals surface area contributed by atoms with Crippen LogP contribution in [0.1, 0.15) is 11.3 Å². The van der Waals surface area contributed by atoms with Gasteiger partial charge in [0.05, 0.1) is 27.8 Å². The SMILES string of the molecule is N#Cc1c(Cl)c(C(F)(F)F)n(CN(CC(=O)O)S(=O)(=O)c2ccccc2)c1-c1ccc(Cl)cc1. The fraction of sp³-hybridized carbons (Fsp3) is 0.143. The topological polar surface area (TPSA) is 103 Å². The van der Waals surface area contributed by atoms with Crippen molar-refractivity contribution in [1.82, 2.24) is 8.87 Å². The zero-order valence-electron chi connectivity index (χ0n) is 16.9. The Labute approximate surface area is 202 Å². The van der Waals surface area contributed by atoms with Gasteiger partial charge in [-0.1, -0.05) is 53.5 Å². The number of benzene rings is 2. The molecule has 2 aromatic carbocycles. The number of halogens is 5. The van der Waals surface area contributed by atoms with Crippen molar-refractivity contribution in [3.63, 3.8) is 0 Å². The van der Waals surface area contributed by atoms with E-state index in [1.54, 1.807) is 6.07 Å². The van der Waals surface area contributed by atoms with Crippen LogP contribution in [0.5, 0.6) is 0 Å². The second-order valence-corrected chi connectivity index (χ2v) is 9.65. The van der Waals surface area contributed by atoms with Crippen LogP contribution in [0.2, 0.25) is 10.0 Å². The Morgan fingerprint density at radius 3 is 2.18 bits per heavy atom. The van der Waals surface area contributed by atoms with Crippen molar-refractivity contribution in [1.29, 1.82) is 5.26 Å². The van der Waals surface area contributed by atoms with Gasteiger partial charge in [-0.2, -0.15) is 22.7 Å². The molecule has 7 nitrogen and oxygen atoms in total. The van der Waals surface area contributed by atoms with Crippen LogP contribution >= 0.6 is 23.2 Å². The van der Waals surface area contributed by atoms with Crippen molar-refractivity contribution in [2.24, 2.45) is 0 Å². The van der Waals surface area contributed by atoms with Crippen LogP contribution in [0.3, 0.4) is 0 Å². The summed E-state index contributed by atoms with van der Waals surface area (Å²) in [6.07, 6.45) is -5.10. The highest BCUT2D eigenvalue weighted by Gasteiger charge is 2.42. The van der Waals surface area contributed by atoms with Gasteiger partial charge in [0.2, 0.25) is 10.0 Å². The number of aromatic nitrogens is 1. The summed E-state index contributed by atoms with van der Waals surface area (Å²) < 4.78 is 69.2. The molecule has 1 N–H and O–H groups in total. The monoisotopic (exact) mass is 531 g/mol. The number of hydrogen-bond donors (Lipinski definition) is 1. The van der Waals surface area contributed by atoms with E-state index in [0.29, 0.717) is 8.87 Å². The maximum atomic E-state index is 14.0. The molecule has 0 bridgehead atoms. The summed E-state index contributed by atoms with van der Waals surface area (Å²) in [6.45, 7) is -2.23. The smallest absolute Gasteiger partial charge is 0.433 e. The zero-order valence-corrected chi connectivity index (χ0v) is 19.3. The standard InChI is InChI=1S/C21H14Cl2F3N3O4S/c22-14-8-6-13(7-9-14)19-16(10-27)18(23)20(21(24,25)26)29(19)12-28(11-17(30)31)34(32,33)15-4-2-1-3-5-15/h1-9H,11-12H2,(H,30,31). The second-order valence-electron chi connectivity index (χ2n) is 6.89. The Kier molecular flexibility index (Phi) is 7.28. The van der Waals surface area contributed by atoms with E-state index in [-0.39, 0.29) is 21.2 Å². The summed E-state index contributed by atoms with van der Waals surface area (Å²) in [5, 5.41) is 18.2. The summed E-state index contributed by atoms with van der Waals surface area (Å²) in [4.78, 5) is 11.1. The van der Waals surface area contributed by atoms with Gasteiger partial charge in [-0.25, -0.2) is 8.42 Å². The fourth-order valence-electron chi connectivity index (χ4n) is 3.28. The summed E-state index contributed by atoms with van der Waals surface area (Å²) in [6, 6.07) is 13.7. The van der Waals surface area contributed by atoms with Gasteiger partial charge in [-0.3, -0.25) is 4.79 Å². The summed E-state index contributed by atoms with van der Waals surface area (Å²) in [5.41, 5.74) is -2.29. The molecule has 3 rings (SSSR count). The van der Waals surface area contributed by atoms with Gasteiger partial charge in [0.15, 0.2) is 0 Å². The largest absolute Gasteiger partial charge is 0.480 e. The second kappa shape index (κ2) is 9.68. The van der Waals surface area contributed by atoms with Crippen LogP contribution in [0, 0.1) is 11.3 Å². The van der Waals surface area contributed by atoms with Gasteiger partial charge in [0, 0.05) is 5.02 Å². The van der Waals surface area contributed by atoms with E-state index in [1.807, 2.05) is 0 Å². The molecule has 0 unspecified atom stereocenters. The maximum Gasteiger partial charge on any atom is 0.433 e. The van der Waals surface area contributed by atoms with Crippen LogP contribution in [0.4, 0.5) is 13.2 Å². The van der Waals surface area contributed by atoms with E-state index in [9.17, 15) is 36.8 Å². The molecule has 34 heavy (non-hydrogen) atoms. The van der Waals surface area contributed by atoms with E-state index in [1.165, 1.54) is 54.6 Å². The van der Waals surface area contributed by atoms with Gasteiger partial charge in [-0.15, -0.1) is 0 Å². The van der Waals surface area contributed by atoms with Gasteiger partial charge >= 0.3 is 12.1 Å². The number of nitrogens with zero attached hydrogens (tertiary/aromatic N) is 3. The van der Waals surface area contributed by atoms with Gasteiger partial charge in [0.1, 0.15) is 18.3 Å². The minimum atomic E-state index is -5.10. The van der Waals surface area contributed by atoms with Crippen molar-refractivity contribution in [3.05, 3.63) is 75.9 Å². The Morgan fingerprint density at radius 2 is 1.68 bits per heavy atom. The van der Waals surface area contributed by atoms with Crippen molar-refractivity contribution >= 4 is 39.2 Å². The van der Waals surface area contributed by atoms with E-state index >= 15 is 0 Å². The lowest BCUT2D eigenvalue weighted by Crippen LogP contribution is -2.38. The highest BCUT2D eigenvalue weighted by molar-refractivity contribution is 7.89. The number of hydrogen-bond acceptors (Lipinski definition) is 4.